The fourth-order valence-electron chi connectivity index (χ4n) is 2.91. The number of hydrogen-bond donors (Lipinski definition) is 0. The summed E-state index contributed by atoms with van der Waals surface area (Å²) in [5.74, 6) is 0.967. The van der Waals surface area contributed by atoms with E-state index in [1.165, 1.54) is 7.11 Å². The van der Waals surface area contributed by atoms with E-state index in [-0.39, 0.29) is 4.90 Å². The van der Waals surface area contributed by atoms with E-state index in [0.717, 1.165) is 51.4 Å². The predicted molar refractivity (Wildman–Crippen MR) is 107 cm³/mol. The van der Waals surface area contributed by atoms with Gasteiger partial charge in [-0.3, -0.25) is 0 Å². The molecule has 6 heteroatoms. The fraction of sp³-hybridized carbons (Fsp3) is 0.700. The van der Waals surface area contributed by atoms with Gasteiger partial charge in [-0.05, 0) is 25.0 Å². The predicted octanol–water partition coefficient (Wildman–Crippen LogP) is 4.86. The maximum Gasteiger partial charge on any atom is 0.243 e. The van der Waals surface area contributed by atoms with Crippen LogP contribution in [0.4, 0.5) is 0 Å². The molecule has 0 radical (unpaired) electrons. The van der Waals surface area contributed by atoms with E-state index in [0.29, 0.717) is 24.6 Å². The standard InChI is InChI=1S/C20H35NO4S/c1-5-7-9-11-15-21(16-12-10-8-6-2)26(22,23)18-13-14-19(24-3)20(17-18)25-4/h13-14,17H,5-12,15-16H2,1-4H3. The lowest BCUT2D eigenvalue weighted by Gasteiger charge is -2.23. The molecule has 0 saturated carbocycles. The number of nitrogens with zero attached hydrogens (tertiary/aromatic N) is 1. The molecular weight excluding hydrogens is 350 g/mol. The van der Waals surface area contributed by atoms with Crippen LogP contribution in [0.15, 0.2) is 23.1 Å². The van der Waals surface area contributed by atoms with Crippen LogP contribution in [0.5, 0.6) is 11.5 Å². The van der Waals surface area contributed by atoms with Crippen LogP contribution in [-0.2, 0) is 10.0 Å². The zero-order chi connectivity index (χ0) is 19.4. The molecule has 0 aliphatic carbocycles. The average molecular weight is 386 g/mol. The van der Waals surface area contributed by atoms with Gasteiger partial charge in [0.1, 0.15) is 0 Å². The van der Waals surface area contributed by atoms with Crippen molar-refractivity contribution in [3.05, 3.63) is 18.2 Å². The first kappa shape index (κ1) is 22.8. The monoisotopic (exact) mass is 385 g/mol. The van der Waals surface area contributed by atoms with Crippen LogP contribution in [-0.4, -0.2) is 40.0 Å². The summed E-state index contributed by atoms with van der Waals surface area (Å²) in [6.07, 6.45) is 8.47. The molecule has 0 bridgehead atoms. The normalized spacial score (nSPS) is 11.7. The third-order valence-corrected chi connectivity index (χ3v) is 6.41. The molecule has 0 aromatic heterocycles. The smallest absolute Gasteiger partial charge is 0.243 e. The molecule has 0 unspecified atom stereocenters. The Morgan fingerprint density at radius 1 is 0.808 bits per heavy atom. The Balaban J connectivity index is 2.96. The molecule has 0 saturated heterocycles. The molecule has 0 aliphatic heterocycles. The van der Waals surface area contributed by atoms with E-state index in [1.807, 2.05) is 0 Å². The Bertz CT molecular complexity index is 604. The van der Waals surface area contributed by atoms with Crippen molar-refractivity contribution in [2.24, 2.45) is 0 Å². The van der Waals surface area contributed by atoms with Crippen LogP contribution in [0, 0.1) is 0 Å². The molecule has 0 aliphatic rings. The van der Waals surface area contributed by atoms with Crippen molar-refractivity contribution in [2.75, 3.05) is 27.3 Å². The van der Waals surface area contributed by atoms with E-state index in [2.05, 4.69) is 13.8 Å². The molecule has 0 fully saturated rings. The Morgan fingerprint density at radius 3 is 1.81 bits per heavy atom. The lowest BCUT2D eigenvalue weighted by molar-refractivity contribution is 0.353. The summed E-state index contributed by atoms with van der Waals surface area (Å²) in [5.41, 5.74) is 0. The minimum atomic E-state index is -3.54. The molecule has 1 rings (SSSR count). The number of unbranched alkanes of at least 4 members (excludes halogenated alkanes) is 6. The Labute approximate surface area is 159 Å². The van der Waals surface area contributed by atoms with E-state index in [4.69, 9.17) is 9.47 Å². The largest absolute Gasteiger partial charge is 0.493 e. The molecule has 5 nitrogen and oxygen atoms in total. The van der Waals surface area contributed by atoms with Crippen molar-refractivity contribution >= 4 is 10.0 Å². The van der Waals surface area contributed by atoms with Crippen LogP contribution in [0.1, 0.15) is 65.2 Å². The zero-order valence-electron chi connectivity index (χ0n) is 16.8. The minimum absolute atomic E-state index is 0.265. The average Bonchev–Trinajstić information content (AvgIpc) is 2.65. The van der Waals surface area contributed by atoms with Crippen LogP contribution in [0.25, 0.3) is 0 Å². The number of methoxy groups -OCH3 is 2. The molecule has 0 heterocycles. The van der Waals surface area contributed by atoms with Crippen LogP contribution < -0.4 is 9.47 Å². The highest BCUT2D eigenvalue weighted by Gasteiger charge is 2.25. The van der Waals surface area contributed by atoms with E-state index in [1.54, 1.807) is 29.6 Å². The molecule has 1 aromatic carbocycles. The van der Waals surface area contributed by atoms with Gasteiger partial charge in [0, 0.05) is 19.2 Å². The fourth-order valence-corrected chi connectivity index (χ4v) is 4.44. The highest BCUT2D eigenvalue weighted by molar-refractivity contribution is 7.89. The van der Waals surface area contributed by atoms with Crippen LogP contribution in [0.3, 0.4) is 0 Å². The van der Waals surface area contributed by atoms with Gasteiger partial charge in [0.25, 0.3) is 0 Å². The molecule has 0 amide bonds. The summed E-state index contributed by atoms with van der Waals surface area (Å²) in [7, 11) is -0.478. The molecule has 150 valence electrons. The first-order chi connectivity index (χ1) is 12.5. The first-order valence-electron chi connectivity index (χ1n) is 9.73. The van der Waals surface area contributed by atoms with Crippen molar-refractivity contribution in [3.8, 4) is 11.5 Å². The van der Waals surface area contributed by atoms with E-state index >= 15 is 0 Å². The second-order valence-electron chi connectivity index (χ2n) is 6.54. The molecule has 0 atom stereocenters. The number of sulfonamides is 1. The van der Waals surface area contributed by atoms with Crippen LogP contribution in [0.2, 0.25) is 0 Å². The van der Waals surface area contributed by atoms with Gasteiger partial charge in [0.05, 0.1) is 19.1 Å². The third kappa shape index (κ3) is 6.80. The summed E-state index contributed by atoms with van der Waals surface area (Å²) in [4.78, 5) is 0.265. The number of ether oxygens (including phenoxy) is 2. The van der Waals surface area contributed by atoms with Crippen molar-refractivity contribution < 1.29 is 17.9 Å². The van der Waals surface area contributed by atoms with Crippen LogP contribution >= 0.6 is 0 Å². The summed E-state index contributed by atoms with van der Waals surface area (Å²) in [6, 6.07) is 4.80. The van der Waals surface area contributed by atoms with Crippen molar-refractivity contribution in [1.82, 2.24) is 4.31 Å². The molecule has 1 aromatic rings. The quantitative estimate of drug-likeness (QED) is 0.429. The zero-order valence-corrected chi connectivity index (χ0v) is 17.6. The third-order valence-electron chi connectivity index (χ3n) is 4.51. The van der Waals surface area contributed by atoms with Gasteiger partial charge in [-0.15, -0.1) is 0 Å². The molecule has 0 spiro atoms. The minimum Gasteiger partial charge on any atom is -0.493 e. The number of hydrogen-bond acceptors (Lipinski definition) is 4. The van der Waals surface area contributed by atoms with Gasteiger partial charge in [0.15, 0.2) is 11.5 Å². The maximum atomic E-state index is 13.2. The van der Waals surface area contributed by atoms with Gasteiger partial charge < -0.3 is 9.47 Å². The Hall–Kier alpha value is -1.27. The molecule has 0 N–H and O–H groups in total. The van der Waals surface area contributed by atoms with Crippen molar-refractivity contribution in [1.29, 1.82) is 0 Å². The van der Waals surface area contributed by atoms with E-state index in [9.17, 15) is 8.42 Å². The SMILES string of the molecule is CCCCCCN(CCCCCC)S(=O)(=O)c1ccc(OC)c(OC)c1. The summed E-state index contributed by atoms with van der Waals surface area (Å²) < 4.78 is 38.4. The van der Waals surface area contributed by atoms with Gasteiger partial charge in [0.2, 0.25) is 10.0 Å². The first-order valence-corrected chi connectivity index (χ1v) is 11.2. The second kappa shape index (κ2) is 12.2. The number of rotatable bonds is 14. The van der Waals surface area contributed by atoms with Crippen molar-refractivity contribution in [3.63, 3.8) is 0 Å². The van der Waals surface area contributed by atoms with Gasteiger partial charge in [-0.1, -0.05) is 52.4 Å². The van der Waals surface area contributed by atoms with E-state index < -0.39 is 10.0 Å². The lowest BCUT2D eigenvalue weighted by atomic mass is 10.2. The van der Waals surface area contributed by atoms with Gasteiger partial charge >= 0.3 is 0 Å². The van der Waals surface area contributed by atoms with Gasteiger partial charge in [-0.2, -0.15) is 4.31 Å². The number of benzene rings is 1. The summed E-state index contributed by atoms with van der Waals surface area (Å²) in [6.45, 7) is 5.46. The lowest BCUT2D eigenvalue weighted by Crippen LogP contribution is -2.33. The summed E-state index contributed by atoms with van der Waals surface area (Å²) >= 11 is 0. The topological polar surface area (TPSA) is 55.8 Å². The second-order valence-corrected chi connectivity index (χ2v) is 8.48. The Morgan fingerprint density at radius 2 is 1.35 bits per heavy atom. The van der Waals surface area contributed by atoms with Gasteiger partial charge in [-0.25, -0.2) is 8.42 Å². The summed E-state index contributed by atoms with van der Waals surface area (Å²) in [5, 5.41) is 0. The Kier molecular flexibility index (Phi) is 10.7. The van der Waals surface area contributed by atoms with Crippen molar-refractivity contribution in [2.45, 2.75) is 70.1 Å². The highest BCUT2D eigenvalue weighted by Crippen LogP contribution is 2.30. The molecule has 26 heavy (non-hydrogen) atoms. The maximum absolute atomic E-state index is 13.2. The molecular formula is C20H35NO4S. The highest BCUT2D eigenvalue weighted by atomic mass is 32.2.